The van der Waals surface area contributed by atoms with Crippen molar-refractivity contribution in [2.75, 3.05) is 7.05 Å². The zero-order chi connectivity index (χ0) is 15.7. The molecule has 0 spiro atoms. The Labute approximate surface area is 134 Å². The van der Waals surface area contributed by atoms with Crippen LogP contribution in [0.15, 0.2) is 28.1 Å². The molecule has 2 rings (SSSR count). The van der Waals surface area contributed by atoms with E-state index in [4.69, 9.17) is 0 Å². The SMILES string of the molecule is Cc1cc(C(=O)N(C)C(C)c2cc(F)ccc2F)sc1Br. The maximum Gasteiger partial charge on any atom is 0.264 e. The van der Waals surface area contributed by atoms with Gasteiger partial charge in [-0.05, 0) is 59.6 Å². The molecule has 1 aromatic heterocycles. The van der Waals surface area contributed by atoms with Gasteiger partial charge in [0, 0.05) is 12.6 Å². The molecule has 1 atom stereocenters. The van der Waals surface area contributed by atoms with Crippen molar-refractivity contribution >= 4 is 33.2 Å². The van der Waals surface area contributed by atoms with E-state index in [-0.39, 0.29) is 11.5 Å². The van der Waals surface area contributed by atoms with Crippen molar-refractivity contribution in [3.8, 4) is 0 Å². The summed E-state index contributed by atoms with van der Waals surface area (Å²) in [5.41, 5.74) is 1.14. The van der Waals surface area contributed by atoms with Crippen LogP contribution in [0, 0.1) is 18.6 Å². The fraction of sp³-hybridized carbons (Fsp3) is 0.267. The van der Waals surface area contributed by atoms with Crippen molar-refractivity contribution in [3.63, 3.8) is 0 Å². The third-order valence-corrected chi connectivity index (χ3v) is 5.50. The number of rotatable bonds is 3. The number of carbonyl (C=O) groups excluding carboxylic acids is 1. The molecule has 1 heterocycles. The fourth-order valence-electron chi connectivity index (χ4n) is 1.96. The van der Waals surface area contributed by atoms with Crippen molar-refractivity contribution in [1.29, 1.82) is 0 Å². The van der Waals surface area contributed by atoms with Crippen molar-refractivity contribution in [2.24, 2.45) is 0 Å². The summed E-state index contributed by atoms with van der Waals surface area (Å²) in [6, 6.07) is 4.48. The van der Waals surface area contributed by atoms with Gasteiger partial charge in [0.05, 0.1) is 14.7 Å². The third-order valence-electron chi connectivity index (χ3n) is 3.38. The lowest BCUT2D eigenvalue weighted by molar-refractivity contribution is 0.0745. The van der Waals surface area contributed by atoms with Gasteiger partial charge in [0.1, 0.15) is 11.6 Å². The average molecular weight is 374 g/mol. The Balaban J connectivity index is 2.28. The van der Waals surface area contributed by atoms with Gasteiger partial charge in [-0.2, -0.15) is 0 Å². The van der Waals surface area contributed by atoms with Gasteiger partial charge in [-0.1, -0.05) is 0 Å². The van der Waals surface area contributed by atoms with E-state index < -0.39 is 17.7 Å². The summed E-state index contributed by atoms with van der Waals surface area (Å²) in [6.07, 6.45) is 0. The molecule has 1 amide bonds. The Morgan fingerprint density at radius 2 is 2.00 bits per heavy atom. The zero-order valence-corrected chi connectivity index (χ0v) is 14.2. The second-order valence-corrected chi connectivity index (χ2v) is 7.20. The summed E-state index contributed by atoms with van der Waals surface area (Å²) in [5.74, 6) is -1.26. The molecule has 0 aliphatic carbocycles. The number of nitrogens with zero attached hydrogens (tertiary/aromatic N) is 1. The molecule has 6 heteroatoms. The molecule has 0 bridgehead atoms. The lowest BCUT2D eigenvalue weighted by Crippen LogP contribution is -2.29. The summed E-state index contributed by atoms with van der Waals surface area (Å²) < 4.78 is 28.0. The summed E-state index contributed by atoms with van der Waals surface area (Å²) in [5, 5.41) is 0. The summed E-state index contributed by atoms with van der Waals surface area (Å²) in [6.45, 7) is 3.57. The van der Waals surface area contributed by atoms with Crippen LogP contribution in [-0.2, 0) is 0 Å². The van der Waals surface area contributed by atoms with Crippen LogP contribution < -0.4 is 0 Å². The Morgan fingerprint density at radius 3 is 2.57 bits per heavy atom. The average Bonchev–Trinajstić information content (AvgIpc) is 2.79. The highest BCUT2D eigenvalue weighted by Gasteiger charge is 2.23. The minimum Gasteiger partial charge on any atom is -0.334 e. The fourth-order valence-corrected chi connectivity index (χ4v) is 3.48. The van der Waals surface area contributed by atoms with Crippen LogP contribution in [0.25, 0.3) is 0 Å². The molecule has 21 heavy (non-hydrogen) atoms. The van der Waals surface area contributed by atoms with Gasteiger partial charge in [-0.3, -0.25) is 4.79 Å². The van der Waals surface area contributed by atoms with Crippen molar-refractivity contribution in [1.82, 2.24) is 4.90 Å². The Morgan fingerprint density at radius 1 is 1.33 bits per heavy atom. The van der Waals surface area contributed by atoms with E-state index in [1.807, 2.05) is 6.92 Å². The predicted octanol–water partition coefficient (Wildman–Crippen LogP) is 4.93. The Bertz CT molecular complexity index is 667. The molecule has 0 aliphatic heterocycles. The molecular formula is C15H14BrF2NOS. The molecule has 0 aliphatic rings. The summed E-state index contributed by atoms with van der Waals surface area (Å²) in [4.78, 5) is 14.4. The first-order chi connectivity index (χ1) is 9.81. The van der Waals surface area contributed by atoms with E-state index in [2.05, 4.69) is 15.9 Å². The lowest BCUT2D eigenvalue weighted by Gasteiger charge is -2.25. The zero-order valence-electron chi connectivity index (χ0n) is 11.8. The minimum absolute atomic E-state index is 0.165. The highest BCUT2D eigenvalue weighted by Crippen LogP contribution is 2.30. The van der Waals surface area contributed by atoms with Gasteiger partial charge >= 0.3 is 0 Å². The van der Waals surface area contributed by atoms with E-state index in [0.29, 0.717) is 4.88 Å². The summed E-state index contributed by atoms with van der Waals surface area (Å²) >= 11 is 4.70. The highest BCUT2D eigenvalue weighted by atomic mass is 79.9. The first-order valence-electron chi connectivity index (χ1n) is 6.29. The lowest BCUT2D eigenvalue weighted by atomic mass is 10.1. The Kier molecular flexibility index (Phi) is 4.78. The van der Waals surface area contributed by atoms with E-state index >= 15 is 0 Å². The molecule has 0 saturated carbocycles. The smallest absolute Gasteiger partial charge is 0.264 e. The predicted molar refractivity (Wildman–Crippen MR) is 83.6 cm³/mol. The number of hydrogen-bond acceptors (Lipinski definition) is 2. The van der Waals surface area contributed by atoms with E-state index in [1.165, 1.54) is 16.2 Å². The molecule has 112 valence electrons. The number of benzene rings is 1. The van der Waals surface area contributed by atoms with Crippen LogP contribution in [0.1, 0.15) is 33.8 Å². The first-order valence-corrected chi connectivity index (χ1v) is 7.90. The van der Waals surface area contributed by atoms with Crippen molar-refractivity contribution in [2.45, 2.75) is 19.9 Å². The molecule has 2 aromatic rings. The molecule has 2 nitrogen and oxygen atoms in total. The third kappa shape index (κ3) is 3.32. The first kappa shape index (κ1) is 16.1. The molecule has 0 N–H and O–H groups in total. The van der Waals surface area contributed by atoms with Crippen LogP contribution in [-0.4, -0.2) is 17.9 Å². The maximum atomic E-state index is 13.8. The van der Waals surface area contributed by atoms with Gasteiger partial charge in [0.2, 0.25) is 0 Å². The topological polar surface area (TPSA) is 20.3 Å². The van der Waals surface area contributed by atoms with Crippen LogP contribution in [0.3, 0.4) is 0 Å². The largest absolute Gasteiger partial charge is 0.334 e. The monoisotopic (exact) mass is 373 g/mol. The van der Waals surface area contributed by atoms with E-state index in [1.54, 1.807) is 20.0 Å². The molecule has 0 saturated heterocycles. The molecule has 0 fully saturated rings. The van der Waals surface area contributed by atoms with Crippen LogP contribution in [0.5, 0.6) is 0 Å². The maximum absolute atomic E-state index is 13.8. The number of halogens is 3. The highest BCUT2D eigenvalue weighted by molar-refractivity contribution is 9.11. The summed E-state index contributed by atoms with van der Waals surface area (Å²) in [7, 11) is 1.58. The van der Waals surface area contributed by atoms with Gasteiger partial charge in [-0.25, -0.2) is 8.78 Å². The number of hydrogen-bond donors (Lipinski definition) is 0. The second kappa shape index (κ2) is 6.23. The molecule has 1 aromatic carbocycles. The van der Waals surface area contributed by atoms with Crippen molar-refractivity contribution in [3.05, 3.63) is 55.7 Å². The molecule has 0 radical (unpaired) electrons. The molecule has 1 unspecified atom stereocenters. The molecular weight excluding hydrogens is 360 g/mol. The van der Waals surface area contributed by atoms with E-state index in [9.17, 15) is 13.6 Å². The quantitative estimate of drug-likeness (QED) is 0.746. The minimum atomic E-state index is -0.561. The number of aryl methyl sites for hydroxylation is 1. The number of amides is 1. The van der Waals surface area contributed by atoms with Crippen LogP contribution >= 0.6 is 27.3 Å². The second-order valence-electron chi connectivity index (χ2n) is 4.83. The van der Waals surface area contributed by atoms with Gasteiger partial charge in [0.15, 0.2) is 0 Å². The van der Waals surface area contributed by atoms with Gasteiger partial charge in [-0.15, -0.1) is 11.3 Å². The van der Waals surface area contributed by atoms with E-state index in [0.717, 1.165) is 27.5 Å². The van der Waals surface area contributed by atoms with Crippen LogP contribution in [0.2, 0.25) is 0 Å². The Hall–Kier alpha value is -1.27. The van der Waals surface area contributed by atoms with Gasteiger partial charge in [0.25, 0.3) is 5.91 Å². The standard InChI is InChI=1S/C15H14BrF2NOS/c1-8-6-13(21-14(8)16)15(20)19(3)9(2)11-7-10(17)4-5-12(11)18/h4-7,9H,1-3H3. The van der Waals surface area contributed by atoms with Crippen molar-refractivity contribution < 1.29 is 13.6 Å². The number of thiophene rings is 1. The van der Waals surface area contributed by atoms with Crippen LogP contribution in [0.4, 0.5) is 8.78 Å². The number of carbonyl (C=O) groups is 1. The normalized spacial score (nSPS) is 12.3. The van der Waals surface area contributed by atoms with Gasteiger partial charge < -0.3 is 4.90 Å².